The Morgan fingerprint density at radius 2 is 1.91 bits per heavy atom. The average Bonchev–Trinajstić information content (AvgIpc) is 3.14. The summed E-state index contributed by atoms with van der Waals surface area (Å²) < 4.78 is 0. The molecule has 2 aliphatic heterocycles. The maximum Gasteiger partial charge on any atom is 0.275 e. The van der Waals surface area contributed by atoms with E-state index < -0.39 is 11.3 Å². The number of amidine groups is 2. The maximum absolute atomic E-state index is 12.9. The van der Waals surface area contributed by atoms with Gasteiger partial charge in [-0.2, -0.15) is 0 Å². The van der Waals surface area contributed by atoms with Crippen LogP contribution in [0.25, 0.3) is 0 Å². The number of likely N-dealkylation sites (tertiary alicyclic amines) is 1. The van der Waals surface area contributed by atoms with Gasteiger partial charge in [-0.15, -0.1) is 0 Å². The number of nitrogens with zero attached hydrogens (tertiary/aromatic N) is 4. The van der Waals surface area contributed by atoms with Gasteiger partial charge in [-0.25, -0.2) is 4.98 Å². The van der Waals surface area contributed by atoms with Crippen molar-refractivity contribution >= 4 is 29.3 Å². The second-order valence-corrected chi connectivity index (χ2v) is 9.98. The molecule has 0 aliphatic carbocycles. The van der Waals surface area contributed by atoms with E-state index in [0.717, 1.165) is 17.5 Å². The fourth-order valence-corrected chi connectivity index (χ4v) is 4.37. The van der Waals surface area contributed by atoms with Crippen LogP contribution in [0.5, 0.6) is 0 Å². The van der Waals surface area contributed by atoms with Crippen LogP contribution in [0.15, 0.2) is 30.5 Å². The van der Waals surface area contributed by atoms with Crippen molar-refractivity contribution in [1.29, 1.82) is 10.8 Å². The number of fused-ring (bicyclic) bond motifs is 1. The second kappa shape index (κ2) is 8.96. The number of rotatable bonds is 3. The summed E-state index contributed by atoms with van der Waals surface area (Å²) in [7, 11) is 0. The number of carbonyl (C=O) groups is 2. The van der Waals surface area contributed by atoms with Gasteiger partial charge in [0.1, 0.15) is 23.0 Å². The Labute approximate surface area is 199 Å². The standard InChI is InChI=1S/C25H31N7O2/c1-15-8-9-20(26)32(15)22(27)18-6-5-7-21(29-18)30-23(33)19-12-17-14-31(24(34)25(2,3)4)11-10-16(17)13-28-19/h5-7,12-13,15,26-27H,8-11,14H2,1-4H3,(H,29,30,33)/t15-/m0/s1. The largest absolute Gasteiger partial charge is 0.338 e. The van der Waals surface area contributed by atoms with Gasteiger partial charge in [0.25, 0.3) is 5.91 Å². The lowest BCUT2D eigenvalue weighted by Gasteiger charge is -2.33. The van der Waals surface area contributed by atoms with Crippen LogP contribution >= 0.6 is 0 Å². The molecule has 0 saturated carbocycles. The van der Waals surface area contributed by atoms with Gasteiger partial charge in [0.15, 0.2) is 5.84 Å². The number of anilines is 1. The van der Waals surface area contributed by atoms with Crippen LogP contribution < -0.4 is 5.32 Å². The second-order valence-electron chi connectivity index (χ2n) is 9.98. The summed E-state index contributed by atoms with van der Waals surface area (Å²) in [6.07, 6.45) is 3.90. The molecule has 9 nitrogen and oxygen atoms in total. The number of amides is 2. The van der Waals surface area contributed by atoms with Crippen molar-refractivity contribution in [2.45, 2.75) is 59.5 Å². The van der Waals surface area contributed by atoms with Crippen LogP contribution in [-0.4, -0.2) is 55.8 Å². The molecule has 1 saturated heterocycles. The third-order valence-corrected chi connectivity index (χ3v) is 6.26. The van der Waals surface area contributed by atoms with Gasteiger partial charge in [-0.1, -0.05) is 26.8 Å². The van der Waals surface area contributed by atoms with Gasteiger partial charge in [-0.05, 0) is 49.1 Å². The van der Waals surface area contributed by atoms with Crippen molar-refractivity contribution in [1.82, 2.24) is 19.8 Å². The summed E-state index contributed by atoms with van der Waals surface area (Å²) in [6.45, 7) is 8.81. The van der Waals surface area contributed by atoms with E-state index in [4.69, 9.17) is 10.8 Å². The number of aromatic nitrogens is 2. The average molecular weight is 462 g/mol. The molecule has 34 heavy (non-hydrogen) atoms. The number of pyridine rings is 2. The first-order valence-electron chi connectivity index (χ1n) is 11.6. The Morgan fingerprint density at radius 1 is 1.15 bits per heavy atom. The monoisotopic (exact) mass is 461 g/mol. The van der Waals surface area contributed by atoms with Crippen molar-refractivity contribution in [2.75, 3.05) is 11.9 Å². The summed E-state index contributed by atoms with van der Waals surface area (Å²) in [5.41, 5.74) is 2.16. The highest BCUT2D eigenvalue weighted by atomic mass is 16.2. The lowest BCUT2D eigenvalue weighted by atomic mass is 9.92. The van der Waals surface area contributed by atoms with Gasteiger partial charge >= 0.3 is 0 Å². The van der Waals surface area contributed by atoms with E-state index in [1.54, 1.807) is 35.4 Å². The lowest BCUT2D eigenvalue weighted by molar-refractivity contribution is -0.140. The van der Waals surface area contributed by atoms with Crippen molar-refractivity contribution in [3.05, 3.63) is 53.0 Å². The highest BCUT2D eigenvalue weighted by molar-refractivity contribution is 6.08. The minimum Gasteiger partial charge on any atom is -0.338 e. The van der Waals surface area contributed by atoms with Crippen molar-refractivity contribution in [2.24, 2.45) is 5.41 Å². The fourth-order valence-electron chi connectivity index (χ4n) is 4.37. The SMILES string of the molecule is C[C@H]1CCC(=N)N1C(=N)c1cccc(NC(=O)c2cc3c(cn2)CCN(C(=O)C(C)(C)C)C3)n1. The normalized spacial score (nSPS) is 18.0. The molecule has 4 rings (SSSR count). The molecule has 1 atom stereocenters. The molecule has 2 amide bonds. The number of nitrogens with one attached hydrogen (secondary N) is 3. The molecule has 2 aliphatic rings. The Bertz CT molecular complexity index is 1170. The minimum atomic E-state index is -0.458. The number of carbonyl (C=O) groups excluding carboxylic acids is 2. The van der Waals surface area contributed by atoms with Crippen LogP contribution in [0, 0.1) is 16.2 Å². The zero-order valence-corrected chi connectivity index (χ0v) is 20.1. The molecule has 9 heteroatoms. The molecule has 3 N–H and O–H groups in total. The first-order chi connectivity index (χ1) is 16.0. The van der Waals surface area contributed by atoms with Crippen LogP contribution in [0.3, 0.4) is 0 Å². The van der Waals surface area contributed by atoms with Crippen LogP contribution in [0.2, 0.25) is 0 Å². The number of hydrogen-bond donors (Lipinski definition) is 3. The summed E-state index contributed by atoms with van der Waals surface area (Å²) in [6, 6.07) is 6.91. The molecule has 178 valence electrons. The third-order valence-electron chi connectivity index (χ3n) is 6.26. The Kier molecular flexibility index (Phi) is 6.20. The summed E-state index contributed by atoms with van der Waals surface area (Å²) in [5.74, 6) is 0.563. The molecule has 2 aromatic heterocycles. The first kappa shape index (κ1) is 23.5. The predicted octanol–water partition coefficient (Wildman–Crippen LogP) is 3.45. The summed E-state index contributed by atoms with van der Waals surface area (Å²) in [5, 5.41) is 19.4. The van der Waals surface area contributed by atoms with Crippen LogP contribution in [-0.2, 0) is 17.8 Å². The van der Waals surface area contributed by atoms with E-state index in [2.05, 4.69) is 15.3 Å². The minimum absolute atomic E-state index is 0.0736. The Morgan fingerprint density at radius 3 is 2.59 bits per heavy atom. The van der Waals surface area contributed by atoms with Gasteiger partial charge in [0, 0.05) is 37.2 Å². The third kappa shape index (κ3) is 4.69. The van der Waals surface area contributed by atoms with E-state index in [0.29, 0.717) is 43.3 Å². The maximum atomic E-state index is 12.9. The van der Waals surface area contributed by atoms with Gasteiger partial charge in [0.05, 0.1) is 0 Å². The fraction of sp³-hybridized carbons (Fsp3) is 0.440. The van der Waals surface area contributed by atoms with Gasteiger partial charge < -0.3 is 15.1 Å². The molecule has 2 aromatic rings. The zero-order chi connectivity index (χ0) is 24.6. The zero-order valence-electron chi connectivity index (χ0n) is 20.1. The Balaban J connectivity index is 1.49. The highest BCUT2D eigenvalue weighted by Gasteiger charge is 2.31. The first-order valence-corrected chi connectivity index (χ1v) is 11.6. The van der Waals surface area contributed by atoms with Crippen LogP contribution in [0.4, 0.5) is 5.82 Å². The van der Waals surface area contributed by atoms with E-state index in [-0.39, 0.29) is 23.5 Å². The van der Waals surface area contributed by atoms with Gasteiger partial charge in [0.2, 0.25) is 5.91 Å². The summed E-state index contributed by atoms with van der Waals surface area (Å²) in [4.78, 5) is 37.9. The topological polar surface area (TPSA) is 126 Å². The highest BCUT2D eigenvalue weighted by Crippen LogP contribution is 2.25. The quantitative estimate of drug-likeness (QED) is 0.477. The van der Waals surface area contributed by atoms with E-state index >= 15 is 0 Å². The van der Waals surface area contributed by atoms with Crippen molar-refractivity contribution < 1.29 is 9.59 Å². The van der Waals surface area contributed by atoms with Crippen molar-refractivity contribution in [3.63, 3.8) is 0 Å². The van der Waals surface area contributed by atoms with Crippen LogP contribution in [0.1, 0.15) is 67.8 Å². The van der Waals surface area contributed by atoms with Gasteiger partial charge in [-0.3, -0.25) is 25.4 Å². The van der Waals surface area contributed by atoms with E-state index in [9.17, 15) is 9.59 Å². The lowest BCUT2D eigenvalue weighted by Crippen LogP contribution is -2.42. The number of hydrogen-bond acceptors (Lipinski definition) is 6. The molecular weight excluding hydrogens is 430 g/mol. The summed E-state index contributed by atoms with van der Waals surface area (Å²) >= 11 is 0. The molecule has 0 bridgehead atoms. The van der Waals surface area contributed by atoms with E-state index in [1.165, 1.54) is 0 Å². The molecule has 1 fully saturated rings. The Hall–Kier alpha value is -3.62. The molecule has 0 aromatic carbocycles. The molecule has 4 heterocycles. The van der Waals surface area contributed by atoms with E-state index in [1.807, 2.05) is 32.6 Å². The molecule has 0 spiro atoms. The molecule has 0 radical (unpaired) electrons. The molecule has 0 unspecified atom stereocenters. The predicted molar refractivity (Wildman–Crippen MR) is 130 cm³/mol. The molecular formula is C25H31N7O2. The van der Waals surface area contributed by atoms with Crippen molar-refractivity contribution in [3.8, 4) is 0 Å². The smallest absolute Gasteiger partial charge is 0.275 e.